The smallest absolute Gasteiger partial charge is 0.230 e. The Kier molecular flexibility index (Phi) is 8.71. The lowest BCUT2D eigenvalue weighted by Gasteiger charge is -2.44. The molecular weight excluding hydrogens is 434 g/mol. The van der Waals surface area contributed by atoms with Gasteiger partial charge in [0.25, 0.3) is 0 Å². The molecule has 0 spiro atoms. The first-order valence-electron chi connectivity index (χ1n) is 13.6. The van der Waals surface area contributed by atoms with Crippen LogP contribution in [-0.4, -0.2) is 51.2 Å². The molecule has 0 aromatic carbocycles. The maximum atomic E-state index is 5.17. The lowest BCUT2D eigenvalue weighted by atomic mass is 9.87. The fourth-order valence-corrected chi connectivity index (χ4v) is 5.75. The lowest BCUT2D eigenvalue weighted by Crippen LogP contribution is -2.53. The van der Waals surface area contributed by atoms with Crippen LogP contribution in [-0.2, 0) is 0 Å². The quantitative estimate of drug-likeness (QED) is 0.456. The molecule has 3 heterocycles. The second kappa shape index (κ2) is 11.2. The third kappa shape index (κ3) is 7.34. The van der Waals surface area contributed by atoms with Crippen molar-refractivity contribution in [1.29, 1.82) is 0 Å². The maximum absolute atomic E-state index is 5.17. The van der Waals surface area contributed by atoms with E-state index in [2.05, 4.69) is 75.1 Å². The van der Waals surface area contributed by atoms with E-state index in [1.807, 2.05) is 6.92 Å². The van der Waals surface area contributed by atoms with Gasteiger partial charge in [-0.05, 0) is 60.3 Å². The van der Waals surface area contributed by atoms with Crippen molar-refractivity contribution >= 4 is 11.9 Å². The molecule has 3 rings (SSSR count). The van der Waals surface area contributed by atoms with Crippen LogP contribution in [0.4, 0.5) is 11.9 Å². The molecule has 35 heavy (non-hydrogen) atoms. The minimum Gasteiger partial charge on any atom is -0.384 e. The van der Waals surface area contributed by atoms with Gasteiger partial charge in [-0.25, -0.2) is 0 Å². The molecule has 1 aromatic heterocycles. The van der Waals surface area contributed by atoms with Crippen LogP contribution in [0.1, 0.15) is 98.7 Å². The zero-order chi connectivity index (χ0) is 25.8. The standard InChI is InChI=1S/C28H49N7/c1-10-12-14-34(23-16-20(3)32-27(6,7)18-23)25-29-22(5)30-26(31-25)35(15-13-11-2)24-17-21(4)33-28(8,9)19-24/h23-24,32-33H,3-4,10-19H2,1-2,5-9H3. The van der Waals surface area contributed by atoms with Crippen molar-refractivity contribution < 1.29 is 0 Å². The van der Waals surface area contributed by atoms with Gasteiger partial charge < -0.3 is 20.4 Å². The average molecular weight is 484 g/mol. The van der Waals surface area contributed by atoms with E-state index in [1.54, 1.807) is 0 Å². The zero-order valence-electron chi connectivity index (χ0n) is 23.4. The van der Waals surface area contributed by atoms with Gasteiger partial charge in [-0.1, -0.05) is 39.8 Å². The first-order chi connectivity index (χ1) is 16.4. The summed E-state index contributed by atoms with van der Waals surface area (Å²) in [4.78, 5) is 19.8. The molecule has 2 saturated heterocycles. The SMILES string of the molecule is C=C1CC(N(CCCC)c2nc(C)nc(N(CCCC)C3CC(=C)NC(C)(C)C3)n2)CC(C)(C)N1. The van der Waals surface area contributed by atoms with E-state index in [1.165, 1.54) is 0 Å². The van der Waals surface area contributed by atoms with Crippen LogP contribution < -0.4 is 20.4 Å². The number of aryl methyl sites for hydroxylation is 1. The Labute approximate surface area is 213 Å². The van der Waals surface area contributed by atoms with Gasteiger partial charge in [-0.2, -0.15) is 15.0 Å². The number of anilines is 2. The van der Waals surface area contributed by atoms with Gasteiger partial charge in [-0.3, -0.25) is 0 Å². The Morgan fingerprint density at radius 3 is 1.51 bits per heavy atom. The molecule has 2 fully saturated rings. The molecule has 0 aliphatic carbocycles. The lowest BCUT2D eigenvalue weighted by molar-refractivity contribution is 0.299. The Morgan fingerprint density at radius 2 is 1.17 bits per heavy atom. The molecule has 7 nitrogen and oxygen atoms in total. The number of unbranched alkanes of at least 4 members (excludes halogenated alkanes) is 2. The van der Waals surface area contributed by atoms with Crippen molar-refractivity contribution in [3.8, 4) is 0 Å². The Balaban J connectivity index is 1.98. The molecule has 0 bridgehead atoms. The van der Waals surface area contributed by atoms with Gasteiger partial charge in [0.1, 0.15) is 5.82 Å². The minimum atomic E-state index is 0.00354. The highest BCUT2D eigenvalue weighted by atomic mass is 15.4. The summed E-state index contributed by atoms with van der Waals surface area (Å²) in [5.41, 5.74) is 2.20. The summed E-state index contributed by atoms with van der Waals surface area (Å²) in [6, 6.07) is 0.642. The minimum absolute atomic E-state index is 0.00354. The summed E-state index contributed by atoms with van der Waals surface area (Å²) < 4.78 is 0. The summed E-state index contributed by atoms with van der Waals surface area (Å²) in [7, 11) is 0. The number of nitrogens with zero attached hydrogens (tertiary/aromatic N) is 5. The summed E-state index contributed by atoms with van der Waals surface area (Å²) in [5.74, 6) is 2.40. The van der Waals surface area contributed by atoms with Crippen LogP contribution in [0, 0.1) is 6.92 Å². The van der Waals surface area contributed by atoms with Gasteiger partial charge >= 0.3 is 0 Å². The highest BCUT2D eigenvalue weighted by Gasteiger charge is 2.36. The number of hydrogen-bond acceptors (Lipinski definition) is 7. The van der Waals surface area contributed by atoms with Gasteiger partial charge in [0.15, 0.2) is 0 Å². The molecule has 2 aliphatic rings. The third-order valence-electron chi connectivity index (χ3n) is 7.11. The molecule has 7 heteroatoms. The van der Waals surface area contributed by atoms with Gasteiger partial charge in [-0.15, -0.1) is 0 Å². The molecule has 2 N–H and O–H groups in total. The van der Waals surface area contributed by atoms with E-state index < -0.39 is 0 Å². The average Bonchev–Trinajstić information content (AvgIpc) is 2.71. The number of piperidine rings is 2. The summed E-state index contributed by atoms with van der Waals surface area (Å²) in [6.45, 7) is 26.0. The third-order valence-corrected chi connectivity index (χ3v) is 7.11. The van der Waals surface area contributed by atoms with Crippen molar-refractivity contribution in [2.24, 2.45) is 0 Å². The summed E-state index contributed by atoms with van der Waals surface area (Å²) in [5, 5.41) is 7.14. The summed E-state index contributed by atoms with van der Waals surface area (Å²) in [6.07, 6.45) is 8.37. The summed E-state index contributed by atoms with van der Waals surface area (Å²) >= 11 is 0. The van der Waals surface area contributed by atoms with E-state index in [4.69, 9.17) is 15.0 Å². The van der Waals surface area contributed by atoms with Crippen molar-refractivity contribution in [2.75, 3.05) is 22.9 Å². The molecule has 2 atom stereocenters. The fourth-order valence-electron chi connectivity index (χ4n) is 5.75. The highest BCUT2D eigenvalue weighted by molar-refractivity contribution is 5.42. The Hall–Kier alpha value is -2.31. The molecule has 0 saturated carbocycles. The van der Waals surface area contributed by atoms with E-state index in [0.29, 0.717) is 12.1 Å². The molecule has 196 valence electrons. The van der Waals surface area contributed by atoms with E-state index in [9.17, 15) is 0 Å². The molecular formula is C28H49N7. The number of aromatic nitrogens is 3. The van der Waals surface area contributed by atoms with Crippen molar-refractivity contribution in [3.63, 3.8) is 0 Å². The highest BCUT2D eigenvalue weighted by Crippen LogP contribution is 2.32. The largest absolute Gasteiger partial charge is 0.384 e. The van der Waals surface area contributed by atoms with Crippen molar-refractivity contribution in [2.45, 2.75) is 123 Å². The number of nitrogens with one attached hydrogen (secondary N) is 2. The first-order valence-corrected chi connectivity index (χ1v) is 13.6. The predicted octanol–water partition coefficient (Wildman–Crippen LogP) is 5.48. The first kappa shape index (κ1) is 27.3. The van der Waals surface area contributed by atoms with Gasteiger partial charge in [0.05, 0.1) is 0 Å². The zero-order valence-corrected chi connectivity index (χ0v) is 23.4. The normalized spacial score (nSPS) is 23.4. The van der Waals surface area contributed by atoms with Gasteiger partial charge in [0, 0.05) is 60.5 Å². The van der Waals surface area contributed by atoms with Gasteiger partial charge in [0.2, 0.25) is 11.9 Å². The topological polar surface area (TPSA) is 69.2 Å². The van der Waals surface area contributed by atoms with Crippen LogP contribution in [0.15, 0.2) is 24.6 Å². The van der Waals surface area contributed by atoms with E-state index in [-0.39, 0.29) is 11.1 Å². The van der Waals surface area contributed by atoms with Crippen molar-refractivity contribution in [1.82, 2.24) is 25.6 Å². The fraction of sp³-hybridized carbons (Fsp3) is 0.750. The molecule has 0 radical (unpaired) electrons. The molecule has 1 aromatic rings. The van der Waals surface area contributed by atoms with Crippen LogP contribution >= 0.6 is 0 Å². The predicted molar refractivity (Wildman–Crippen MR) is 148 cm³/mol. The van der Waals surface area contributed by atoms with Crippen molar-refractivity contribution in [3.05, 3.63) is 30.4 Å². The van der Waals surface area contributed by atoms with E-state index >= 15 is 0 Å². The molecule has 0 amide bonds. The maximum Gasteiger partial charge on any atom is 0.230 e. The van der Waals surface area contributed by atoms with E-state index in [0.717, 1.165) is 93.6 Å². The van der Waals surface area contributed by atoms with Crippen LogP contribution in [0.2, 0.25) is 0 Å². The molecule has 2 aliphatic heterocycles. The Bertz CT molecular complexity index is 823. The number of rotatable bonds is 10. The second-order valence-corrected chi connectivity index (χ2v) is 11.9. The molecule has 2 unspecified atom stereocenters. The Morgan fingerprint density at radius 1 is 0.771 bits per heavy atom. The number of hydrogen-bond donors (Lipinski definition) is 2. The monoisotopic (exact) mass is 483 g/mol. The second-order valence-electron chi connectivity index (χ2n) is 11.9. The van der Waals surface area contributed by atoms with Crippen LogP contribution in [0.25, 0.3) is 0 Å². The van der Waals surface area contributed by atoms with Crippen LogP contribution in [0.3, 0.4) is 0 Å². The van der Waals surface area contributed by atoms with Crippen LogP contribution in [0.5, 0.6) is 0 Å².